The van der Waals surface area contributed by atoms with Crippen LogP contribution in [0.1, 0.15) is 5.56 Å². The number of nitrogens with zero attached hydrogens (tertiary/aromatic N) is 4. The molecule has 0 saturated carbocycles. The summed E-state index contributed by atoms with van der Waals surface area (Å²) in [4.78, 5) is 13.3. The SMILES string of the molecule is I.NC(=NCCc1cc(Cl)ccc1Br)N1CCN(c2nccs2)CC1. The first kappa shape index (κ1) is 20.7. The molecular weight excluding hydrogens is 537 g/mol. The standard InChI is InChI=1S/C16H19BrClN5S.HI/c17-14-2-1-13(18)11-12(14)3-4-20-15(19)22-6-8-23(9-7-22)16-21-5-10-24-16;/h1-2,5,10-11H,3-4,6-9H2,(H2,19,20);1H. The lowest BCUT2D eigenvalue weighted by Gasteiger charge is -2.35. The van der Waals surface area contributed by atoms with Crippen molar-refractivity contribution < 1.29 is 0 Å². The highest BCUT2D eigenvalue weighted by atomic mass is 127. The Kier molecular flexibility index (Phi) is 8.24. The molecule has 5 nitrogen and oxygen atoms in total. The molecule has 0 bridgehead atoms. The summed E-state index contributed by atoms with van der Waals surface area (Å²) < 4.78 is 1.05. The van der Waals surface area contributed by atoms with Gasteiger partial charge in [-0.2, -0.15) is 0 Å². The first-order valence-corrected chi connectivity index (χ1v) is 9.82. The molecule has 1 aromatic heterocycles. The van der Waals surface area contributed by atoms with Crippen molar-refractivity contribution in [2.45, 2.75) is 6.42 Å². The van der Waals surface area contributed by atoms with Crippen LogP contribution in [-0.4, -0.2) is 48.6 Å². The van der Waals surface area contributed by atoms with Gasteiger partial charge < -0.3 is 15.5 Å². The summed E-state index contributed by atoms with van der Waals surface area (Å²) in [7, 11) is 0. The van der Waals surface area contributed by atoms with E-state index in [0.717, 1.165) is 52.8 Å². The van der Waals surface area contributed by atoms with Crippen molar-refractivity contribution in [3.63, 3.8) is 0 Å². The normalized spacial score (nSPS) is 15.2. The van der Waals surface area contributed by atoms with Crippen LogP contribution in [-0.2, 0) is 6.42 Å². The Morgan fingerprint density at radius 3 is 2.76 bits per heavy atom. The number of halogens is 3. The van der Waals surface area contributed by atoms with Gasteiger partial charge in [0.15, 0.2) is 11.1 Å². The van der Waals surface area contributed by atoms with E-state index in [-0.39, 0.29) is 24.0 Å². The lowest BCUT2D eigenvalue weighted by molar-refractivity contribution is 0.380. The molecule has 0 spiro atoms. The minimum atomic E-state index is 0. The Labute approximate surface area is 182 Å². The minimum absolute atomic E-state index is 0. The van der Waals surface area contributed by atoms with Crippen LogP contribution in [0.15, 0.2) is 39.2 Å². The van der Waals surface area contributed by atoms with E-state index in [1.807, 2.05) is 29.8 Å². The number of guanidine groups is 1. The van der Waals surface area contributed by atoms with Gasteiger partial charge in [-0.05, 0) is 30.2 Å². The van der Waals surface area contributed by atoms with E-state index in [2.05, 4.69) is 35.7 Å². The Hall–Kier alpha value is -0.580. The predicted molar refractivity (Wildman–Crippen MR) is 121 cm³/mol. The highest BCUT2D eigenvalue weighted by Gasteiger charge is 2.19. The second kappa shape index (κ2) is 9.94. The van der Waals surface area contributed by atoms with Crippen LogP contribution in [0.2, 0.25) is 5.02 Å². The Morgan fingerprint density at radius 1 is 1.32 bits per heavy atom. The molecule has 1 fully saturated rings. The van der Waals surface area contributed by atoms with Gasteiger partial charge in [0, 0.05) is 53.8 Å². The van der Waals surface area contributed by atoms with Crippen LogP contribution in [0.5, 0.6) is 0 Å². The zero-order valence-electron chi connectivity index (χ0n) is 13.6. The predicted octanol–water partition coefficient (Wildman–Crippen LogP) is 3.86. The minimum Gasteiger partial charge on any atom is -0.370 e. The topological polar surface area (TPSA) is 57.8 Å². The molecule has 2 N–H and O–H groups in total. The molecule has 0 aliphatic carbocycles. The third-order valence-electron chi connectivity index (χ3n) is 3.96. The highest BCUT2D eigenvalue weighted by Crippen LogP contribution is 2.22. The lowest BCUT2D eigenvalue weighted by Crippen LogP contribution is -2.51. The monoisotopic (exact) mass is 555 g/mol. The number of benzene rings is 1. The van der Waals surface area contributed by atoms with E-state index in [1.165, 1.54) is 0 Å². The van der Waals surface area contributed by atoms with E-state index in [1.54, 1.807) is 11.3 Å². The smallest absolute Gasteiger partial charge is 0.191 e. The zero-order chi connectivity index (χ0) is 16.9. The number of rotatable bonds is 4. The zero-order valence-corrected chi connectivity index (χ0v) is 19.1. The number of aromatic nitrogens is 1. The van der Waals surface area contributed by atoms with Gasteiger partial charge in [0.05, 0.1) is 0 Å². The molecule has 9 heteroatoms. The second-order valence-electron chi connectivity index (χ2n) is 5.51. The number of piperazine rings is 1. The third-order valence-corrected chi connectivity index (χ3v) is 5.80. The Balaban J connectivity index is 0.00000225. The largest absolute Gasteiger partial charge is 0.370 e. The lowest BCUT2D eigenvalue weighted by atomic mass is 10.1. The van der Waals surface area contributed by atoms with Crippen molar-refractivity contribution >= 4 is 73.9 Å². The Morgan fingerprint density at radius 2 is 2.08 bits per heavy atom. The van der Waals surface area contributed by atoms with Crippen LogP contribution in [0.25, 0.3) is 0 Å². The molecule has 1 aliphatic rings. The molecule has 25 heavy (non-hydrogen) atoms. The van der Waals surface area contributed by atoms with Crippen LogP contribution in [0, 0.1) is 0 Å². The number of hydrogen-bond donors (Lipinski definition) is 1. The molecular formula is C16H20BrClIN5S. The van der Waals surface area contributed by atoms with Gasteiger partial charge in [0.25, 0.3) is 0 Å². The molecule has 0 unspecified atom stereocenters. The van der Waals surface area contributed by atoms with Gasteiger partial charge in [-0.25, -0.2) is 4.98 Å². The fourth-order valence-electron chi connectivity index (χ4n) is 2.62. The van der Waals surface area contributed by atoms with Crippen LogP contribution in [0.3, 0.4) is 0 Å². The molecule has 0 amide bonds. The van der Waals surface area contributed by atoms with Crippen LogP contribution < -0.4 is 10.6 Å². The van der Waals surface area contributed by atoms with Gasteiger partial charge >= 0.3 is 0 Å². The van der Waals surface area contributed by atoms with E-state index < -0.39 is 0 Å². The van der Waals surface area contributed by atoms with Gasteiger partial charge in [-0.3, -0.25) is 4.99 Å². The molecule has 2 aromatic rings. The molecule has 3 rings (SSSR count). The van der Waals surface area contributed by atoms with Crippen LogP contribution in [0.4, 0.5) is 5.13 Å². The fourth-order valence-corrected chi connectivity index (χ4v) is 3.96. The second-order valence-corrected chi connectivity index (χ2v) is 7.68. The molecule has 0 atom stereocenters. The summed E-state index contributed by atoms with van der Waals surface area (Å²) >= 11 is 11.3. The molecule has 1 aliphatic heterocycles. The van der Waals surface area contributed by atoms with Crippen LogP contribution >= 0.6 is 62.8 Å². The van der Waals surface area contributed by atoms with E-state index in [9.17, 15) is 0 Å². The summed E-state index contributed by atoms with van der Waals surface area (Å²) in [5, 5.41) is 3.82. The maximum absolute atomic E-state index is 6.15. The van der Waals surface area contributed by atoms with E-state index in [0.29, 0.717) is 12.5 Å². The first-order chi connectivity index (χ1) is 11.6. The molecule has 1 saturated heterocycles. The number of aliphatic imine (C=N–C) groups is 1. The summed E-state index contributed by atoms with van der Waals surface area (Å²) in [6.45, 7) is 4.23. The average molecular weight is 557 g/mol. The Bertz CT molecular complexity index is 705. The van der Waals surface area contributed by atoms with Gasteiger partial charge in [-0.15, -0.1) is 35.3 Å². The number of nitrogens with two attached hydrogens (primary N) is 1. The molecule has 1 aromatic carbocycles. The molecule has 0 radical (unpaired) electrons. The average Bonchev–Trinajstić information content (AvgIpc) is 3.12. The maximum atomic E-state index is 6.15. The number of hydrogen-bond acceptors (Lipinski definition) is 4. The number of thiazole rings is 1. The summed E-state index contributed by atoms with van der Waals surface area (Å²) in [6, 6.07) is 5.79. The maximum Gasteiger partial charge on any atom is 0.191 e. The third kappa shape index (κ3) is 5.70. The van der Waals surface area contributed by atoms with Crippen molar-refractivity contribution in [2.75, 3.05) is 37.6 Å². The summed E-state index contributed by atoms with van der Waals surface area (Å²) in [6.07, 6.45) is 2.65. The fraction of sp³-hybridized carbons (Fsp3) is 0.375. The molecule has 2 heterocycles. The highest BCUT2D eigenvalue weighted by molar-refractivity contribution is 14.0. The number of anilines is 1. The summed E-state index contributed by atoms with van der Waals surface area (Å²) in [5.74, 6) is 0.618. The van der Waals surface area contributed by atoms with E-state index >= 15 is 0 Å². The van der Waals surface area contributed by atoms with Crippen molar-refractivity contribution in [3.05, 3.63) is 44.8 Å². The van der Waals surface area contributed by atoms with Crippen molar-refractivity contribution in [1.29, 1.82) is 0 Å². The molecule has 136 valence electrons. The first-order valence-electron chi connectivity index (χ1n) is 7.77. The quantitative estimate of drug-likeness (QED) is 0.353. The van der Waals surface area contributed by atoms with Crippen molar-refractivity contribution in [1.82, 2.24) is 9.88 Å². The van der Waals surface area contributed by atoms with Gasteiger partial charge in [-0.1, -0.05) is 27.5 Å². The van der Waals surface area contributed by atoms with Crippen molar-refractivity contribution in [2.24, 2.45) is 10.7 Å². The van der Waals surface area contributed by atoms with Gasteiger partial charge in [0.2, 0.25) is 0 Å². The van der Waals surface area contributed by atoms with Gasteiger partial charge in [0.1, 0.15) is 0 Å². The van der Waals surface area contributed by atoms with Crippen molar-refractivity contribution in [3.8, 4) is 0 Å². The summed E-state index contributed by atoms with van der Waals surface area (Å²) in [5.41, 5.74) is 7.30. The van der Waals surface area contributed by atoms with E-state index in [4.69, 9.17) is 17.3 Å².